The van der Waals surface area contributed by atoms with Crippen molar-refractivity contribution < 1.29 is 9.53 Å². The molecule has 1 amide bonds. The molecule has 6 heteroatoms. The van der Waals surface area contributed by atoms with Crippen LogP contribution in [0.25, 0.3) is 22.4 Å². The van der Waals surface area contributed by atoms with Crippen LogP contribution in [-0.4, -0.2) is 21.1 Å². The molecule has 0 fully saturated rings. The first-order chi connectivity index (χ1) is 14.6. The normalized spacial score (nSPS) is 11.7. The summed E-state index contributed by atoms with van der Waals surface area (Å²) < 4.78 is 7.04. The molecule has 3 aromatic carbocycles. The third-order valence-electron chi connectivity index (χ3n) is 4.87. The van der Waals surface area contributed by atoms with Crippen LogP contribution in [0.4, 0.5) is 10.6 Å². The first-order valence-corrected chi connectivity index (χ1v) is 9.70. The van der Waals surface area contributed by atoms with Gasteiger partial charge in [0.1, 0.15) is 11.8 Å². The zero-order valence-corrected chi connectivity index (χ0v) is 16.8. The highest BCUT2D eigenvalue weighted by atomic mass is 16.6. The second-order valence-electron chi connectivity index (χ2n) is 6.94. The second-order valence-corrected chi connectivity index (χ2v) is 6.94. The van der Waals surface area contributed by atoms with E-state index in [1.807, 2.05) is 79.7 Å². The van der Waals surface area contributed by atoms with E-state index in [4.69, 9.17) is 4.74 Å². The van der Waals surface area contributed by atoms with Crippen LogP contribution in [0.3, 0.4) is 0 Å². The number of carbonyl (C=O) groups excluding carboxylic acids is 1. The minimum atomic E-state index is -0.557. The van der Waals surface area contributed by atoms with E-state index < -0.39 is 6.09 Å². The van der Waals surface area contributed by atoms with Crippen LogP contribution in [0.1, 0.15) is 18.6 Å². The minimum Gasteiger partial charge on any atom is -0.441 e. The Hall–Kier alpha value is -3.93. The number of benzene rings is 3. The lowest BCUT2D eigenvalue weighted by Gasteiger charge is -2.14. The molecule has 0 saturated heterocycles. The Morgan fingerprint density at radius 1 is 0.867 bits per heavy atom. The molecule has 1 unspecified atom stereocenters. The number of nitrogens with one attached hydrogen (secondary N) is 1. The zero-order valence-electron chi connectivity index (χ0n) is 16.8. The Morgan fingerprint density at radius 3 is 2.10 bits per heavy atom. The summed E-state index contributed by atoms with van der Waals surface area (Å²) in [6, 6.07) is 27.7. The van der Waals surface area contributed by atoms with E-state index >= 15 is 0 Å². The predicted molar refractivity (Wildman–Crippen MR) is 117 cm³/mol. The molecule has 0 radical (unpaired) electrons. The first-order valence-electron chi connectivity index (χ1n) is 9.70. The van der Waals surface area contributed by atoms with E-state index in [0.29, 0.717) is 11.5 Å². The van der Waals surface area contributed by atoms with E-state index in [1.54, 1.807) is 7.05 Å². The number of aryl methyl sites for hydroxylation is 1. The summed E-state index contributed by atoms with van der Waals surface area (Å²) in [5, 5.41) is 11.1. The number of anilines is 1. The fourth-order valence-electron chi connectivity index (χ4n) is 3.22. The van der Waals surface area contributed by atoms with Gasteiger partial charge in [0.25, 0.3) is 0 Å². The van der Waals surface area contributed by atoms with E-state index in [1.165, 1.54) is 4.68 Å². The summed E-state index contributed by atoms with van der Waals surface area (Å²) in [6.45, 7) is 1.83. The summed E-state index contributed by atoms with van der Waals surface area (Å²) in [4.78, 5) is 12.5. The molecule has 150 valence electrons. The van der Waals surface area contributed by atoms with Crippen molar-refractivity contribution in [2.24, 2.45) is 7.05 Å². The lowest BCUT2D eigenvalue weighted by atomic mass is 10.0. The standard InChI is InChI=1S/C24H22N4O2/c1-17(18-9-5-3-6-10-18)30-24(29)25-23-22(26-27-28(23)2)21-15-13-20(14-16-21)19-11-7-4-8-12-19/h3-17H,1-2H3,(H,25,29). The SMILES string of the molecule is CC(OC(=O)Nc1c(-c2ccc(-c3ccccc3)cc2)nnn1C)c1ccccc1. The monoisotopic (exact) mass is 398 g/mol. The van der Waals surface area contributed by atoms with Crippen molar-refractivity contribution in [2.75, 3.05) is 5.32 Å². The number of aromatic nitrogens is 3. The van der Waals surface area contributed by atoms with E-state index in [9.17, 15) is 4.79 Å². The van der Waals surface area contributed by atoms with Crippen molar-refractivity contribution in [3.05, 3.63) is 90.5 Å². The second kappa shape index (κ2) is 8.61. The van der Waals surface area contributed by atoms with Crippen molar-refractivity contribution in [2.45, 2.75) is 13.0 Å². The highest BCUT2D eigenvalue weighted by Crippen LogP contribution is 2.28. The predicted octanol–water partition coefficient (Wildman–Crippen LogP) is 5.46. The third kappa shape index (κ3) is 4.22. The lowest BCUT2D eigenvalue weighted by Crippen LogP contribution is -2.18. The van der Waals surface area contributed by atoms with Gasteiger partial charge in [-0.15, -0.1) is 5.10 Å². The number of rotatable bonds is 5. The van der Waals surface area contributed by atoms with Gasteiger partial charge >= 0.3 is 6.09 Å². The smallest absolute Gasteiger partial charge is 0.413 e. The molecule has 0 spiro atoms. The number of ether oxygens (including phenoxy) is 1. The van der Waals surface area contributed by atoms with Crippen molar-refractivity contribution >= 4 is 11.9 Å². The molecule has 1 atom stereocenters. The van der Waals surface area contributed by atoms with Crippen LogP contribution >= 0.6 is 0 Å². The van der Waals surface area contributed by atoms with Crippen LogP contribution in [0, 0.1) is 0 Å². The Kier molecular flexibility index (Phi) is 5.57. The first kappa shape index (κ1) is 19.4. The molecule has 1 aromatic heterocycles. The Labute approximate surface area is 175 Å². The fourth-order valence-corrected chi connectivity index (χ4v) is 3.22. The highest BCUT2D eigenvalue weighted by molar-refractivity contribution is 5.89. The summed E-state index contributed by atoms with van der Waals surface area (Å²) in [7, 11) is 1.73. The van der Waals surface area contributed by atoms with E-state index in [-0.39, 0.29) is 6.10 Å². The van der Waals surface area contributed by atoms with Gasteiger partial charge in [0, 0.05) is 12.6 Å². The molecular weight excluding hydrogens is 376 g/mol. The molecule has 1 heterocycles. The van der Waals surface area contributed by atoms with Gasteiger partial charge in [-0.2, -0.15) is 0 Å². The van der Waals surface area contributed by atoms with Crippen LogP contribution < -0.4 is 5.32 Å². The van der Waals surface area contributed by atoms with Crippen molar-refractivity contribution in [1.82, 2.24) is 15.0 Å². The Morgan fingerprint density at radius 2 is 1.43 bits per heavy atom. The summed E-state index contributed by atoms with van der Waals surface area (Å²) >= 11 is 0. The van der Waals surface area contributed by atoms with Crippen molar-refractivity contribution in [3.8, 4) is 22.4 Å². The van der Waals surface area contributed by atoms with Gasteiger partial charge in [0.05, 0.1) is 0 Å². The average Bonchev–Trinajstić information content (AvgIpc) is 3.15. The third-order valence-corrected chi connectivity index (χ3v) is 4.87. The van der Waals surface area contributed by atoms with Crippen molar-refractivity contribution in [1.29, 1.82) is 0 Å². The molecule has 4 aromatic rings. The van der Waals surface area contributed by atoms with Gasteiger partial charge in [-0.05, 0) is 23.6 Å². The quantitative estimate of drug-likeness (QED) is 0.485. The molecule has 0 aliphatic rings. The highest BCUT2D eigenvalue weighted by Gasteiger charge is 2.18. The van der Waals surface area contributed by atoms with Gasteiger partial charge in [0.2, 0.25) is 0 Å². The molecule has 0 saturated carbocycles. The van der Waals surface area contributed by atoms with Crippen LogP contribution in [0.15, 0.2) is 84.9 Å². The molecule has 0 aliphatic heterocycles. The van der Waals surface area contributed by atoms with Gasteiger partial charge < -0.3 is 4.74 Å². The minimum absolute atomic E-state index is 0.374. The molecule has 1 N–H and O–H groups in total. The number of hydrogen-bond donors (Lipinski definition) is 1. The summed E-state index contributed by atoms with van der Waals surface area (Å²) in [5.74, 6) is 0.479. The largest absolute Gasteiger partial charge is 0.441 e. The van der Waals surface area contributed by atoms with E-state index in [0.717, 1.165) is 22.3 Å². The molecule has 0 bridgehead atoms. The number of hydrogen-bond acceptors (Lipinski definition) is 4. The summed E-state index contributed by atoms with van der Waals surface area (Å²) in [6.07, 6.45) is -0.931. The fraction of sp³-hybridized carbons (Fsp3) is 0.125. The number of carbonyl (C=O) groups is 1. The van der Waals surface area contributed by atoms with Gasteiger partial charge in [0.15, 0.2) is 5.82 Å². The maximum absolute atomic E-state index is 12.5. The van der Waals surface area contributed by atoms with Crippen molar-refractivity contribution in [3.63, 3.8) is 0 Å². The molecular formula is C24H22N4O2. The number of nitrogens with zero attached hydrogens (tertiary/aromatic N) is 3. The molecule has 4 rings (SSSR count). The Bertz CT molecular complexity index is 1120. The van der Waals surface area contributed by atoms with Gasteiger partial charge in [-0.25, -0.2) is 9.48 Å². The Balaban J connectivity index is 1.51. The van der Waals surface area contributed by atoms with Gasteiger partial charge in [-0.1, -0.05) is 90.1 Å². The maximum Gasteiger partial charge on any atom is 0.413 e. The average molecular weight is 398 g/mol. The van der Waals surface area contributed by atoms with Crippen LogP contribution in [-0.2, 0) is 11.8 Å². The topological polar surface area (TPSA) is 69.0 Å². The van der Waals surface area contributed by atoms with E-state index in [2.05, 4.69) is 27.8 Å². The summed E-state index contributed by atoms with van der Waals surface area (Å²) in [5.41, 5.74) is 4.61. The maximum atomic E-state index is 12.5. The molecule has 0 aliphatic carbocycles. The number of amides is 1. The molecule has 6 nitrogen and oxygen atoms in total. The molecule has 30 heavy (non-hydrogen) atoms. The van der Waals surface area contributed by atoms with Gasteiger partial charge in [-0.3, -0.25) is 5.32 Å². The van der Waals surface area contributed by atoms with Crippen LogP contribution in [0.5, 0.6) is 0 Å². The van der Waals surface area contributed by atoms with Crippen LogP contribution in [0.2, 0.25) is 0 Å². The lowest BCUT2D eigenvalue weighted by molar-refractivity contribution is 0.121. The zero-order chi connectivity index (χ0) is 20.9.